The summed E-state index contributed by atoms with van der Waals surface area (Å²) in [5, 5.41) is 0.0841. The summed E-state index contributed by atoms with van der Waals surface area (Å²) in [6.45, 7) is 17.0. The monoisotopic (exact) mass is 401 g/mol. The molecule has 1 aromatic carbocycles. The van der Waals surface area contributed by atoms with Gasteiger partial charge in [-0.25, -0.2) is 4.79 Å². The van der Waals surface area contributed by atoms with Crippen molar-refractivity contribution in [3.63, 3.8) is 0 Å². The van der Waals surface area contributed by atoms with Crippen molar-refractivity contribution in [2.24, 2.45) is 5.92 Å². The smallest absolute Gasteiger partial charge is 0.338 e. The standard InChI is InChI=1S/C22H31NO4Si/c1-14-18(26-21(25)16-11-9-8-10-12-16)13-17-19(20(24)23(14)17)15(2)27-28(6,7)22(3,4)5/h8-12,15,17-19H,1,13H2,2-7H3/t15-,17-,18?,19+/m1/s1. The molecule has 0 N–H and O–H groups in total. The quantitative estimate of drug-likeness (QED) is 0.418. The molecule has 152 valence electrons. The molecule has 2 aliphatic heterocycles. The van der Waals surface area contributed by atoms with E-state index in [4.69, 9.17) is 9.16 Å². The summed E-state index contributed by atoms with van der Waals surface area (Å²) in [6.07, 6.45) is -0.0447. The molecule has 0 radical (unpaired) electrons. The summed E-state index contributed by atoms with van der Waals surface area (Å²) >= 11 is 0. The van der Waals surface area contributed by atoms with Gasteiger partial charge in [0, 0.05) is 6.42 Å². The maximum absolute atomic E-state index is 12.8. The van der Waals surface area contributed by atoms with Crippen LogP contribution >= 0.6 is 0 Å². The van der Waals surface area contributed by atoms with E-state index in [1.807, 2.05) is 13.0 Å². The number of ether oxygens (including phenoxy) is 1. The Morgan fingerprint density at radius 1 is 1.25 bits per heavy atom. The van der Waals surface area contributed by atoms with Gasteiger partial charge < -0.3 is 14.1 Å². The Labute approximate surface area is 168 Å². The van der Waals surface area contributed by atoms with Crippen LogP contribution in [0.3, 0.4) is 0 Å². The molecule has 0 spiro atoms. The van der Waals surface area contributed by atoms with Gasteiger partial charge in [-0.05, 0) is 37.2 Å². The van der Waals surface area contributed by atoms with Gasteiger partial charge >= 0.3 is 5.97 Å². The third-order valence-corrected chi connectivity index (χ3v) is 11.0. The molecule has 1 aromatic rings. The van der Waals surface area contributed by atoms with Crippen LogP contribution in [-0.2, 0) is 14.0 Å². The fraction of sp³-hybridized carbons (Fsp3) is 0.545. The average molecular weight is 402 g/mol. The molecule has 3 rings (SSSR count). The number of hydrogen-bond donors (Lipinski definition) is 0. The van der Waals surface area contributed by atoms with E-state index in [1.165, 1.54) is 0 Å². The van der Waals surface area contributed by atoms with Crippen LogP contribution in [0.25, 0.3) is 0 Å². The van der Waals surface area contributed by atoms with Crippen molar-refractivity contribution in [3.8, 4) is 0 Å². The summed E-state index contributed by atoms with van der Waals surface area (Å²) in [5.74, 6) is -0.561. The Morgan fingerprint density at radius 2 is 1.86 bits per heavy atom. The summed E-state index contributed by atoms with van der Waals surface area (Å²) in [5.41, 5.74) is 1.08. The number of esters is 1. The molecule has 1 amide bonds. The average Bonchev–Trinajstić information content (AvgIpc) is 2.85. The van der Waals surface area contributed by atoms with Gasteiger partial charge in [0.15, 0.2) is 8.32 Å². The van der Waals surface area contributed by atoms with Crippen LogP contribution in [0.5, 0.6) is 0 Å². The van der Waals surface area contributed by atoms with Crippen LogP contribution in [0, 0.1) is 5.92 Å². The number of fused-ring (bicyclic) bond motifs is 1. The number of carbonyl (C=O) groups excluding carboxylic acids is 2. The number of rotatable bonds is 5. The minimum absolute atomic E-state index is 0.00617. The second kappa shape index (κ2) is 7.15. The van der Waals surface area contributed by atoms with E-state index in [-0.39, 0.29) is 35.0 Å². The molecule has 4 atom stereocenters. The summed E-state index contributed by atoms with van der Waals surface area (Å²) < 4.78 is 12.1. The number of amides is 1. The van der Waals surface area contributed by atoms with Gasteiger partial charge in [-0.3, -0.25) is 4.79 Å². The lowest BCUT2D eigenvalue weighted by atomic mass is 9.84. The van der Waals surface area contributed by atoms with Crippen LogP contribution in [0.4, 0.5) is 0 Å². The van der Waals surface area contributed by atoms with Crippen molar-refractivity contribution in [1.82, 2.24) is 4.90 Å². The molecule has 2 saturated heterocycles. The number of nitrogens with zero attached hydrogens (tertiary/aromatic N) is 1. The SMILES string of the molecule is C=C1C(OC(=O)c2ccccc2)C[C@@H]2[C@H]([C@@H](C)O[Si](C)(C)C(C)(C)C)C(=O)N12. The van der Waals surface area contributed by atoms with Crippen LogP contribution in [0.2, 0.25) is 18.1 Å². The van der Waals surface area contributed by atoms with Crippen molar-refractivity contribution in [1.29, 1.82) is 0 Å². The number of hydrogen-bond acceptors (Lipinski definition) is 4. The Balaban J connectivity index is 1.67. The summed E-state index contributed by atoms with van der Waals surface area (Å²) in [7, 11) is -1.97. The van der Waals surface area contributed by atoms with Crippen molar-refractivity contribution in [2.45, 2.75) is 70.5 Å². The fourth-order valence-electron chi connectivity index (χ4n) is 3.80. The van der Waals surface area contributed by atoms with E-state index in [0.29, 0.717) is 17.7 Å². The van der Waals surface area contributed by atoms with E-state index in [1.54, 1.807) is 29.2 Å². The largest absolute Gasteiger partial charge is 0.452 e. The Morgan fingerprint density at radius 3 is 2.43 bits per heavy atom. The third kappa shape index (κ3) is 3.55. The third-order valence-electron chi connectivity index (χ3n) is 6.46. The highest BCUT2D eigenvalue weighted by atomic mass is 28.4. The van der Waals surface area contributed by atoms with Gasteiger partial charge in [0.05, 0.1) is 29.3 Å². The number of carbonyl (C=O) groups is 2. The first kappa shape index (κ1) is 20.8. The lowest BCUT2D eigenvalue weighted by Gasteiger charge is -2.48. The maximum Gasteiger partial charge on any atom is 0.338 e. The second-order valence-electron chi connectivity index (χ2n) is 9.37. The van der Waals surface area contributed by atoms with E-state index in [9.17, 15) is 9.59 Å². The van der Waals surface area contributed by atoms with Gasteiger partial charge in [0.1, 0.15) is 6.10 Å². The van der Waals surface area contributed by atoms with E-state index < -0.39 is 14.4 Å². The van der Waals surface area contributed by atoms with E-state index in [2.05, 4.69) is 40.4 Å². The molecule has 0 aromatic heterocycles. The molecular formula is C22H31NO4Si. The summed E-state index contributed by atoms with van der Waals surface area (Å²) in [6, 6.07) is 8.88. The van der Waals surface area contributed by atoms with E-state index >= 15 is 0 Å². The predicted octanol–water partition coefficient (Wildman–Crippen LogP) is 4.37. The second-order valence-corrected chi connectivity index (χ2v) is 14.1. The van der Waals surface area contributed by atoms with Gasteiger partial charge in [-0.15, -0.1) is 0 Å². The number of β-lactam (4-membered cyclic amide) rings is 1. The molecule has 2 heterocycles. The summed E-state index contributed by atoms with van der Waals surface area (Å²) in [4.78, 5) is 26.9. The first-order valence-electron chi connectivity index (χ1n) is 9.90. The molecule has 2 aliphatic rings. The predicted molar refractivity (Wildman–Crippen MR) is 111 cm³/mol. The van der Waals surface area contributed by atoms with Crippen molar-refractivity contribution in [3.05, 3.63) is 48.2 Å². The zero-order valence-corrected chi connectivity index (χ0v) is 18.7. The van der Waals surface area contributed by atoms with Crippen LogP contribution in [0.15, 0.2) is 42.6 Å². The first-order chi connectivity index (χ1) is 12.9. The van der Waals surface area contributed by atoms with Crippen LogP contribution in [0.1, 0.15) is 44.5 Å². The maximum atomic E-state index is 12.8. The van der Waals surface area contributed by atoms with Gasteiger partial charge in [0.25, 0.3) is 0 Å². The van der Waals surface area contributed by atoms with E-state index in [0.717, 1.165) is 0 Å². The molecule has 0 aliphatic carbocycles. The highest BCUT2D eigenvalue weighted by Crippen LogP contribution is 2.46. The molecular weight excluding hydrogens is 370 g/mol. The fourth-order valence-corrected chi connectivity index (χ4v) is 5.23. The Hall–Kier alpha value is -1.92. The minimum Gasteiger partial charge on any atom is -0.452 e. The Kier molecular flexibility index (Phi) is 5.32. The van der Waals surface area contributed by atoms with Gasteiger partial charge in [0.2, 0.25) is 5.91 Å². The van der Waals surface area contributed by atoms with Crippen molar-refractivity contribution in [2.75, 3.05) is 0 Å². The van der Waals surface area contributed by atoms with Crippen molar-refractivity contribution >= 4 is 20.2 Å². The molecule has 6 heteroatoms. The molecule has 28 heavy (non-hydrogen) atoms. The number of benzene rings is 1. The van der Waals surface area contributed by atoms with Crippen LogP contribution in [-0.4, -0.2) is 43.3 Å². The highest BCUT2D eigenvalue weighted by molar-refractivity contribution is 6.74. The topological polar surface area (TPSA) is 55.8 Å². The van der Waals surface area contributed by atoms with Gasteiger partial charge in [-0.2, -0.15) is 0 Å². The molecule has 1 unspecified atom stereocenters. The zero-order valence-electron chi connectivity index (χ0n) is 17.7. The van der Waals surface area contributed by atoms with Gasteiger partial charge in [-0.1, -0.05) is 45.5 Å². The lowest BCUT2D eigenvalue weighted by Crippen LogP contribution is -2.62. The zero-order chi connectivity index (χ0) is 20.9. The lowest BCUT2D eigenvalue weighted by molar-refractivity contribution is -0.155. The Bertz CT molecular complexity index is 783. The normalized spacial score (nSPS) is 25.9. The molecule has 0 saturated carbocycles. The first-order valence-corrected chi connectivity index (χ1v) is 12.8. The molecule has 0 bridgehead atoms. The molecule has 5 nitrogen and oxygen atoms in total. The van der Waals surface area contributed by atoms with Crippen molar-refractivity contribution < 1.29 is 18.8 Å². The van der Waals surface area contributed by atoms with Crippen LogP contribution < -0.4 is 0 Å². The minimum atomic E-state index is -1.97. The molecule has 2 fully saturated rings. The highest BCUT2D eigenvalue weighted by Gasteiger charge is 2.58.